The van der Waals surface area contributed by atoms with E-state index in [2.05, 4.69) is 25.8 Å². The molecule has 0 saturated heterocycles. The summed E-state index contributed by atoms with van der Waals surface area (Å²) in [5, 5.41) is 0. The highest BCUT2D eigenvalue weighted by molar-refractivity contribution is 4.97. The summed E-state index contributed by atoms with van der Waals surface area (Å²) >= 11 is 0. The zero-order valence-electron chi connectivity index (χ0n) is 13.3. The van der Waals surface area contributed by atoms with Crippen LogP contribution in [-0.4, -0.2) is 30.1 Å². The maximum absolute atomic E-state index is 6.23. The van der Waals surface area contributed by atoms with Crippen LogP contribution >= 0.6 is 0 Å². The highest BCUT2D eigenvalue weighted by Gasteiger charge is 2.40. The van der Waals surface area contributed by atoms with Gasteiger partial charge in [0.2, 0.25) is 0 Å². The molecule has 2 rings (SSSR count). The van der Waals surface area contributed by atoms with E-state index in [1.165, 1.54) is 57.8 Å². The van der Waals surface area contributed by atoms with Gasteiger partial charge in [-0.25, -0.2) is 0 Å². The quantitative estimate of drug-likeness (QED) is 0.838. The molecular formula is C17H34N2. The fraction of sp³-hybridized carbons (Fsp3) is 1.00. The molecule has 0 aromatic carbocycles. The second kappa shape index (κ2) is 6.58. The van der Waals surface area contributed by atoms with Gasteiger partial charge in [0.25, 0.3) is 0 Å². The predicted octanol–water partition coefficient (Wildman–Crippen LogP) is 3.79. The van der Waals surface area contributed by atoms with Gasteiger partial charge in [-0.05, 0) is 57.4 Å². The zero-order chi connectivity index (χ0) is 13.9. The minimum atomic E-state index is 0.313. The molecule has 2 saturated carbocycles. The average Bonchev–Trinajstić information content (AvgIpc) is 2.47. The molecule has 0 aromatic heterocycles. The number of rotatable bonds is 4. The number of hydrogen-bond donors (Lipinski definition) is 1. The van der Waals surface area contributed by atoms with E-state index in [0.717, 1.165) is 24.4 Å². The zero-order valence-corrected chi connectivity index (χ0v) is 13.3. The first-order valence-corrected chi connectivity index (χ1v) is 8.52. The Hall–Kier alpha value is -0.0800. The molecule has 0 spiro atoms. The van der Waals surface area contributed by atoms with Gasteiger partial charge in [-0.15, -0.1) is 0 Å². The van der Waals surface area contributed by atoms with Crippen molar-refractivity contribution >= 4 is 0 Å². The summed E-state index contributed by atoms with van der Waals surface area (Å²) in [6, 6.07) is 0.799. The molecule has 0 aliphatic heterocycles. The van der Waals surface area contributed by atoms with Crippen molar-refractivity contribution in [2.24, 2.45) is 17.6 Å². The SMILES string of the molecule is CC(C)C1CCC(CN)(N(C)C2CCCCC2)CC1. The predicted molar refractivity (Wildman–Crippen MR) is 83.2 cm³/mol. The Morgan fingerprint density at radius 3 is 2.11 bits per heavy atom. The first-order chi connectivity index (χ1) is 9.09. The molecule has 2 aliphatic rings. The van der Waals surface area contributed by atoms with Gasteiger partial charge in [0.05, 0.1) is 0 Å². The molecule has 0 aromatic rings. The maximum Gasteiger partial charge on any atom is 0.0331 e. The van der Waals surface area contributed by atoms with Gasteiger partial charge in [-0.1, -0.05) is 33.1 Å². The molecule has 0 bridgehead atoms. The van der Waals surface area contributed by atoms with Crippen molar-refractivity contribution in [3.8, 4) is 0 Å². The van der Waals surface area contributed by atoms with Gasteiger partial charge in [-0.3, -0.25) is 4.90 Å². The van der Waals surface area contributed by atoms with Crippen molar-refractivity contribution in [1.29, 1.82) is 0 Å². The molecule has 0 amide bonds. The van der Waals surface area contributed by atoms with Gasteiger partial charge in [0.15, 0.2) is 0 Å². The Labute approximate surface area is 120 Å². The molecule has 2 nitrogen and oxygen atoms in total. The lowest BCUT2D eigenvalue weighted by molar-refractivity contribution is 0.0117. The fourth-order valence-electron chi connectivity index (χ4n) is 4.40. The summed E-state index contributed by atoms with van der Waals surface area (Å²) in [5.41, 5.74) is 6.54. The van der Waals surface area contributed by atoms with Gasteiger partial charge in [0.1, 0.15) is 0 Å². The van der Waals surface area contributed by atoms with Gasteiger partial charge in [0, 0.05) is 18.1 Å². The first kappa shape index (κ1) is 15.3. The van der Waals surface area contributed by atoms with Crippen LogP contribution in [0, 0.1) is 11.8 Å². The minimum absolute atomic E-state index is 0.313. The van der Waals surface area contributed by atoms with Crippen LogP contribution in [0.15, 0.2) is 0 Å². The third kappa shape index (κ3) is 3.33. The summed E-state index contributed by atoms with van der Waals surface area (Å²) in [4.78, 5) is 2.70. The van der Waals surface area contributed by atoms with Crippen molar-refractivity contribution in [1.82, 2.24) is 4.90 Å². The van der Waals surface area contributed by atoms with Crippen molar-refractivity contribution in [2.75, 3.05) is 13.6 Å². The second-order valence-corrected chi connectivity index (χ2v) is 7.41. The van der Waals surface area contributed by atoms with E-state index < -0.39 is 0 Å². The Morgan fingerprint density at radius 2 is 1.63 bits per heavy atom. The topological polar surface area (TPSA) is 29.3 Å². The van der Waals surface area contributed by atoms with E-state index in [0.29, 0.717) is 5.54 Å². The molecule has 0 heterocycles. The highest BCUT2D eigenvalue weighted by atomic mass is 15.2. The molecule has 19 heavy (non-hydrogen) atoms. The molecular weight excluding hydrogens is 232 g/mol. The normalized spacial score (nSPS) is 34.1. The standard InChI is InChI=1S/C17H34N2/c1-14(2)15-9-11-17(13-18,12-10-15)19(3)16-7-5-4-6-8-16/h14-16H,4-13,18H2,1-3H3. The number of hydrogen-bond acceptors (Lipinski definition) is 2. The van der Waals surface area contributed by atoms with Crippen LogP contribution in [0.5, 0.6) is 0 Å². The fourth-order valence-corrected chi connectivity index (χ4v) is 4.40. The van der Waals surface area contributed by atoms with Gasteiger partial charge in [-0.2, -0.15) is 0 Å². The summed E-state index contributed by atoms with van der Waals surface area (Å²) < 4.78 is 0. The van der Waals surface area contributed by atoms with Crippen molar-refractivity contribution in [3.05, 3.63) is 0 Å². The number of nitrogens with two attached hydrogens (primary N) is 1. The summed E-state index contributed by atoms with van der Waals surface area (Å²) in [6.45, 7) is 5.61. The minimum Gasteiger partial charge on any atom is -0.329 e. The molecule has 2 aliphatic carbocycles. The molecule has 2 heteroatoms. The van der Waals surface area contributed by atoms with Crippen LogP contribution in [0.25, 0.3) is 0 Å². The number of likely N-dealkylation sites (N-methyl/N-ethyl adjacent to an activating group) is 1. The van der Waals surface area contributed by atoms with Crippen molar-refractivity contribution in [3.63, 3.8) is 0 Å². The van der Waals surface area contributed by atoms with E-state index in [-0.39, 0.29) is 0 Å². The Morgan fingerprint density at radius 1 is 1.05 bits per heavy atom. The van der Waals surface area contributed by atoms with Crippen LogP contribution in [-0.2, 0) is 0 Å². The average molecular weight is 266 g/mol. The third-order valence-electron chi connectivity index (χ3n) is 6.15. The summed E-state index contributed by atoms with van der Waals surface area (Å²) in [6.07, 6.45) is 12.5. The second-order valence-electron chi connectivity index (χ2n) is 7.41. The van der Waals surface area contributed by atoms with Crippen LogP contribution in [0.4, 0.5) is 0 Å². The molecule has 2 N–H and O–H groups in total. The van der Waals surface area contributed by atoms with Crippen LogP contribution in [0.2, 0.25) is 0 Å². The summed E-state index contributed by atoms with van der Waals surface area (Å²) in [5.74, 6) is 1.77. The lowest BCUT2D eigenvalue weighted by Crippen LogP contribution is -2.58. The van der Waals surface area contributed by atoms with E-state index in [9.17, 15) is 0 Å². The Bertz CT molecular complexity index is 260. The van der Waals surface area contributed by atoms with E-state index >= 15 is 0 Å². The number of nitrogens with zero attached hydrogens (tertiary/aromatic N) is 1. The van der Waals surface area contributed by atoms with E-state index in [1.807, 2.05) is 0 Å². The van der Waals surface area contributed by atoms with Gasteiger partial charge < -0.3 is 5.73 Å². The third-order valence-corrected chi connectivity index (χ3v) is 6.15. The Kier molecular flexibility index (Phi) is 5.30. The lowest BCUT2D eigenvalue weighted by Gasteiger charge is -2.50. The molecule has 2 fully saturated rings. The molecule has 0 atom stereocenters. The van der Waals surface area contributed by atoms with Gasteiger partial charge >= 0.3 is 0 Å². The van der Waals surface area contributed by atoms with E-state index in [1.54, 1.807) is 0 Å². The maximum atomic E-state index is 6.23. The molecule has 112 valence electrons. The van der Waals surface area contributed by atoms with Crippen molar-refractivity contribution < 1.29 is 0 Å². The first-order valence-electron chi connectivity index (χ1n) is 8.52. The van der Waals surface area contributed by atoms with Crippen LogP contribution in [0.1, 0.15) is 71.6 Å². The highest BCUT2D eigenvalue weighted by Crippen LogP contribution is 2.40. The Balaban J connectivity index is 1.98. The molecule has 0 radical (unpaired) electrons. The smallest absolute Gasteiger partial charge is 0.0331 e. The monoisotopic (exact) mass is 266 g/mol. The van der Waals surface area contributed by atoms with E-state index in [4.69, 9.17) is 5.73 Å². The van der Waals surface area contributed by atoms with Crippen LogP contribution in [0.3, 0.4) is 0 Å². The van der Waals surface area contributed by atoms with Crippen LogP contribution < -0.4 is 5.73 Å². The molecule has 0 unspecified atom stereocenters. The largest absolute Gasteiger partial charge is 0.329 e. The summed E-state index contributed by atoms with van der Waals surface area (Å²) in [7, 11) is 2.36. The van der Waals surface area contributed by atoms with Crippen molar-refractivity contribution in [2.45, 2.75) is 83.2 Å². The lowest BCUT2D eigenvalue weighted by atomic mass is 9.71.